The van der Waals surface area contributed by atoms with Crippen molar-refractivity contribution in [2.75, 3.05) is 0 Å². The lowest BCUT2D eigenvalue weighted by Crippen LogP contribution is -2.23. The van der Waals surface area contributed by atoms with Crippen LogP contribution < -0.4 is 5.32 Å². The van der Waals surface area contributed by atoms with Crippen LogP contribution in [0.1, 0.15) is 41.6 Å². The average molecular weight is 423 g/mol. The molecular formula is C21H19ClN6O2. The van der Waals surface area contributed by atoms with Crippen molar-refractivity contribution >= 4 is 17.5 Å². The normalized spacial score (nSPS) is 11.1. The summed E-state index contributed by atoms with van der Waals surface area (Å²) in [5.74, 6) is 1.59. The minimum atomic E-state index is -0.280. The minimum Gasteiger partial charge on any atom is -0.347 e. The molecule has 0 saturated heterocycles. The summed E-state index contributed by atoms with van der Waals surface area (Å²) < 4.78 is 6.95. The lowest BCUT2D eigenvalue weighted by molar-refractivity contribution is 0.0946. The number of carbonyl (C=O) groups is 1. The predicted molar refractivity (Wildman–Crippen MR) is 111 cm³/mol. The molecule has 4 rings (SSSR count). The number of rotatable bonds is 6. The van der Waals surface area contributed by atoms with E-state index in [1.807, 2.05) is 32.0 Å². The highest BCUT2D eigenvalue weighted by Crippen LogP contribution is 2.20. The molecule has 0 saturated carbocycles. The third-order valence-corrected chi connectivity index (χ3v) is 4.61. The standard InChI is InChI=1S/C21H19ClN6O2/c1-13(2)19-26-21(30-27-19)15-6-7-18(23-10-15)28-11-17(25-12-28)20(29)24-9-14-4-3-5-16(22)8-14/h3-8,10-13H,9H2,1-2H3,(H,24,29). The SMILES string of the molecule is CC(C)c1noc(-c2ccc(-n3cnc(C(=O)NCc4cccc(Cl)c4)c3)nc2)n1. The quantitative estimate of drug-likeness (QED) is 0.503. The second kappa shape index (κ2) is 8.46. The van der Waals surface area contributed by atoms with Gasteiger partial charge in [-0.2, -0.15) is 4.98 Å². The third-order valence-electron chi connectivity index (χ3n) is 4.37. The third kappa shape index (κ3) is 4.38. The minimum absolute atomic E-state index is 0.184. The summed E-state index contributed by atoms with van der Waals surface area (Å²) in [7, 11) is 0. The van der Waals surface area contributed by atoms with E-state index in [1.54, 1.807) is 41.5 Å². The summed E-state index contributed by atoms with van der Waals surface area (Å²) in [6.07, 6.45) is 4.81. The van der Waals surface area contributed by atoms with Crippen LogP contribution in [0.3, 0.4) is 0 Å². The Morgan fingerprint density at radius 2 is 2.10 bits per heavy atom. The molecule has 4 aromatic rings. The van der Waals surface area contributed by atoms with Gasteiger partial charge >= 0.3 is 0 Å². The highest BCUT2D eigenvalue weighted by atomic mass is 35.5. The van der Waals surface area contributed by atoms with Gasteiger partial charge in [0.05, 0.1) is 5.56 Å². The predicted octanol–water partition coefficient (Wildman–Crippen LogP) is 4.02. The lowest BCUT2D eigenvalue weighted by atomic mass is 10.2. The Kier molecular flexibility index (Phi) is 5.58. The molecule has 30 heavy (non-hydrogen) atoms. The number of nitrogens with one attached hydrogen (secondary N) is 1. The highest BCUT2D eigenvalue weighted by Gasteiger charge is 2.13. The van der Waals surface area contributed by atoms with Gasteiger partial charge in [-0.05, 0) is 29.8 Å². The average Bonchev–Trinajstić information content (AvgIpc) is 3.42. The van der Waals surface area contributed by atoms with E-state index in [2.05, 4.69) is 25.4 Å². The Labute approximate surface area is 177 Å². The smallest absolute Gasteiger partial charge is 0.271 e. The van der Waals surface area contributed by atoms with Crippen LogP contribution in [0.15, 0.2) is 59.6 Å². The molecule has 0 fully saturated rings. The zero-order chi connectivity index (χ0) is 21.1. The lowest BCUT2D eigenvalue weighted by Gasteiger charge is -2.04. The number of pyridine rings is 1. The summed E-state index contributed by atoms with van der Waals surface area (Å²) in [6.45, 7) is 4.36. The van der Waals surface area contributed by atoms with Crippen LogP contribution in [-0.4, -0.2) is 30.6 Å². The van der Waals surface area contributed by atoms with E-state index in [-0.39, 0.29) is 11.8 Å². The van der Waals surface area contributed by atoms with E-state index in [1.165, 1.54) is 0 Å². The first-order chi connectivity index (χ1) is 14.5. The molecular weight excluding hydrogens is 404 g/mol. The molecule has 0 spiro atoms. The Balaban J connectivity index is 1.43. The molecule has 0 aliphatic rings. The number of carbonyl (C=O) groups excluding carboxylic acids is 1. The van der Waals surface area contributed by atoms with Gasteiger partial charge < -0.3 is 9.84 Å². The largest absolute Gasteiger partial charge is 0.347 e. The van der Waals surface area contributed by atoms with Gasteiger partial charge in [0.2, 0.25) is 0 Å². The fourth-order valence-electron chi connectivity index (χ4n) is 2.74. The van der Waals surface area contributed by atoms with Crippen molar-refractivity contribution in [3.8, 4) is 17.3 Å². The van der Waals surface area contributed by atoms with Crippen molar-refractivity contribution in [3.05, 3.63) is 77.2 Å². The van der Waals surface area contributed by atoms with E-state index in [9.17, 15) is 4.79 Å². The maximum atomic E-state index is 12.4. The van der Waals surface area contributed by atoms with Crippen molar-refractivity contribution in [2.24, 2.45) is 0 Å². The molecule has 152 valence electrons. The van der Waals surface area contributed by atoms with Crippen molar-refractivity contribution in [1.29, 1.82) is 0 Å². The summed E-state index contributed by atoms with van der Waals surface area (Å²) in [6, 6.07) is 11.0. The van der Waals surface area contributed by atoms with Crippen LogP contribution in [0.4, 0.5) is 0 Å². The summed E-state index contributed by atoms with van der Waals surface area (Å²) in [4.78, 5) is 25.3. The molecule has 3 heterocycles. The van der Waals surface area contributed by atoms with Gasteiger partial charge in [-0.25, -0.2) is 9.97 Å². The highest BCUT2D eigenvalue weighted by molar-refractivity contribution is 6.30. The fraction of sp³-hybridized carbons (Fsp3) is 0.190. The number of nitrogens with zero attached hydrogens (tertiary/aromatic N) is 5. The number of benzene rings is 1. The number of aromatic nitrogens is 5. The van der Waals surface area contributed by atoms with Gasteiger partial charge in [-0.15, -0.1) is 0 Å². The Hall–Kier alpha value is -3.52. The molecule has 3 aromatic heterocycles. The second-order valence-electron chi connectivity index (χ2n) is 7.00. The fourth-order valence-corrected chi connectivity index (χ4v) is 2.95. The molecule has 0 aliphatic heterocycles. The molecule has 1 amide bonds. The van der Waals surface area contributed by atoms with Crippen molar-refractivity contribution in [1.82, 2.24) is 30.0 Å². The van der Waals surface area contributed by atoms with Gasteiger partial charge in [-0.1, -0.05) is 42.7 Å². The zero-order valence-corrected chi connectivity index (χ0v) is 17.2. The van der Waals surface area contributed by atoms with Crippen LogP contribution >= 0.6 is 11.6 Å². The van der Waals surface area contributed by atoms with E-state index >= 15 is 0 Å². The van der Waals surface area contributed by atoms with Crippen LogP contribution in [0, 0.1) is 0 Å². The van der Waals surface area contributed by atoms with Crippen molar-refractivity contribution in [3.63, 3.8) is 0 Å². The van der Waals surface area contributed by atoms with Crippen LogP contribution in [-0.2, 0) is 6.54 Å². The van der Waals surface area contributed by atoms with Gasteiger partial charge in [0, 0.05) is 29.9 Å². The molecule has 0 atom stereocenters. The molecule has 1 N–H and O–H groups in total. The molecule has 0 bridgehead atoms. The molecule has 0 aliphatic carbocycles. The van der Waals surface area contributed by atoms with E-state index in [4.69, 9.17) is 16.1 Å². The van der Waals surface area contributed by atoms with Crippen LogP contribution in [0.25, 0.3) is 17.3 Å². The van der Waals surface area contributed by atoms with Gasteiger partial charge in [0.25, 0.3) is 11.8 Å². The molecule has 8 nitrogen and oxygen atoms in total. The summed E-state index contributed by atoms with van der Waals surface area (Å²) >= 11 is 5.96. The summed E-state index contributed by atoms with van der Waals surface area (Å²) in [5.41, 5.74) is 1.92. The first kappa shape index (κ1) is 19.8. The monoisotopic (exact) mass is 422 g/mol. The van der Waals surface area contributed by atoms with Crippen molar-refractivity contribution in [2.45, 2.75) is 26.3 Å². The number of amides is 1. The topological polar surface area (TPSA) is 98.7 Å². The van der Waals surface area contributed by atoms with Gasteiger partial charge in [-0.3, -0.25) is 9.36 Å². The van der Waals surface area contributed by atoms with E-state index in [0.717, 1.165) is 11.1 Å². The Bertz CT molecular complexity index is 1170. The molecule has 0 radical (unpaired) electrons. The number of halogens is 1. The zero-order valence-electron chi connectivity index (χ0n) is 16.4. The molecule has 0 unspecified atom stereocenters. The van der Waals surface area contributed by atoms with E-state index in [0.29, 0.717) is 34.8 Å². The van der Waals surface area contributed by atoms with Crippen LogP contribution in [0.5, 0.6) is 0 Å². The number of hydrogen-bond donors (Lipinski definition) is 1. The Morgan fingerprint density at radius 3 is 2.80 bits per heavy atom. The van der Waals surface area contributed by atoms with Crippen LogP contribution in [0.2, 0.25) is 5.02 Å². The van der Waals surface area contributed by atoms with Gasteiger partial charge in [0.1, 0.15) is 17.8 Å². The maximum Gasteiger partial charge on any atom is 0.271 e. The number of imidazole rings is 1. The second-order valence-corrected chi connectivity index (χ2v) is 7.43. The van der Waals surface area contributed by atoms with E-state index < -0.39 is 0 Å². The maximum absolute atomic E-state index is 12.4. The first-order valence-electron chi connectivity index (χ1n) is 9.36. The van der Waals surface area contributed by atoms with Gasteiger partial charge in [0.15, 0.2) is 5.82 Å². The summed E-state index contributed by atoms with van der Waals surface area (Å²) in [5, 5.41) is 7.41. The first-order valence-corrected chi connectivity index (χ1v) is 9.74. The van der Waals surface area contributed by atoms with Crippen molar-refractivity contribution < 1.29 is 9.32 Å². The molecule has 1 aromatic carbocycles. The Morgan fingerprint density at radius 1 is 1.23 bits per heavy atom. The molecule has 9 heteroatoms. The number of hydrogen-bond acceptors (Lipinski definition) is 6.